The van der Waals surface area contributed by atoms with Crippen LogP contribution < -0.4 is 0 Å². The lowest BCUT2D eigenvalue weighted by molar-refractivity contribution is 0.0758. The molecule has 1 aliphatic heterocycles. The molecule has 0 spiro atoms. The lowest BCUT2D eigenvalue weighted by atomic mass is 10.1. The molecule has 112 valence electrons. The number of carbonyl (C=O) groups is 1. The number of H-pyrrole nitrogens is 1. The summed E-state index contributed by atoms with van der Waals surface area (Å²) in [5, 5.41) is 5.80. The SMILES string of the molecule is CN(CCCC1CCCO1)C(=O)c1cc(C(F)F)[nH]n1. The monoisotopic (exact) mass is 287 g/mol. The molecular weight excluding hydrogens is 268 g/mol. The number of nitrogens with one attached hydrogen (secondary N) is 1. The maximum atomic E-state index is 12.4. The van der Waals surface area contributed by atoms with Crippen molar-refractivity contribution in [3.8, 4) is 0 Å². The molecule has 0 saturated carbocycles. The highest BCUT2D eigenvalue weighted by molar-refractivity contribution is 5.92. The average molecular weight is 287 g/mol. The van der Waals surface area contributed by atoms with Crippen molar-refractivity contribution in [1.82, 2.24) is 15.1 Å². The number of carbonyl (C=O) groups excluding carboxylic acids is 1. The molecule has 1 unspecified atom stereocenters. The summed E-state index contributed by atoms with van der Waals surface area (Å²) >= 11 is 0. The molecular formula is C13H19F2N3O2. The lowest BCUT2D eigenvalue weighted by Crippen LogP contribution is -2.28. The average Bonchev–Trinajstić information content (AvgIpc) is 3.08. The Kier molecular flexibility index (Phi) is 5.05. The molecule has 0 aromatic carbocycles. The van der Waals surface area contributed by atoms with Crippen LogP contribution in [0.25, 0.3) is 0 Å². The number of ether oxygens (including phenoxy) is 1. The maximum absolute atomic E-state index is 12.4. The Bertz CT molecular complexity index is 445. The standard InChI is InChI=1S/C13H19F2N3O2/c1-18(6-2-4-9-5-3-7-20-9)13(19)11-8-10(12(14)15)16-17-11/h8-9,12H,2-7H2,1H3,(H,16,17). The molecule has 2 rings (SSSR count). The molecule has 0 aliphatic carbocycles. The van der Waals surface area contributed by atoms with Gasteiger partial charge in [-0.3, -0.25) is 9.89 Å². The van der Waals surface area contributed by atoms with Crippen LogP contribution in [-0.2, 0) is 4.74 Å². The van der Waals surface area contributed by atoms with Gasteiger partial charge in [-0.2, -0.15) is 5.10 Å². The first-order chi connectivity index (χ1) is 9.58. The van der Waals surface area contributed by atoms with Gasteiger partial charge < -0.3 is 9.64 Å². The summed E-state index contributed by atoms with van der Waals surface area (Å²) in [7, 11) is 1.65. The third-order valence-corrected chi connectivity index (χ3v) is 3.44. The first kappa shape index (κ1) is 14.9. The van der Waals surface area contributed by atoms with E-state index < -0.39 is 6.43 Å². The van der Waals surface area contributed by atoms with E-state index in [9.17, 15) is 13.6 Å². The number of rotatable bonds is 6. The molecule has 1 aromatic heterocycles. The Balaban J connectivity index is 1.78. The zero-order valence-electron chi connectivity index (χ0n) is 11.4. The van der Waals surface area contributed by atoms with E-state index in [1.807, 2.05) is 0 Å². The van der Waals surface area contributed by atoms with E-state index in [-0.39, 0.29) is 17.3 Å². The van der Waals surface area contributed by atoms with Crippen molar-refractivity contribution in [3.05, 3.63) is 17.5 Å². The third kappa shape index (κ3) is 3.75. The summed E-state index contributed by atoms with van der Waals surface area (Å²) in [5.74, 6) is -0.347. The quantitative estimate of drug-likeness (QED) is 0.874. The number of hydrogen-bond donors (Lipinski definition) is 1. The Morgan fingerprint density at radius 2 is 2.45 bits per heavy atom. The minimum atomic E-state index is -2.64. The number of hydrogen-bond acceptors (Lipinski definition) is 3. The van der Waals surface area contributed by atoms with Crippen molar-refractivity contribution in [3.63, 3.8) is 0 Å². The molecule has 7 heteroatoms. The van der Waals surface area contributed by atoms with Gasteiger partial charge in [-0.1, -0.05) is 0 Å². The molecule has 1 saturated heterocycles. The fourth-order valence-corrected chi connectivity index (χ4v) is 2.28. The van der Waals surface area contributed by atoms with Gasteiger partial charge in [0, 0.05) is 20.2 Å². The van der Waals surface area contributed by atoms with Crippen LogP contribution in [0.4, 0.5) is 8.78 Å². The predicted molar refractivity (Wildman–Crippen MR) is 68.7 cm³/mol. The molecule has 20 heavy (non-hydrogen) atoms. The summed E-state index contributed by atoms with van der Waals surface area (Å²) < 4.78 is 30.3. The Labute approximate surface area is 116 Å². The highest BCUT2D eigenvalue weighted by atomic mass is 19.3. The van der Waals surface area contributed by atoms with E-state index >= 15 is 0 Å². The summed E-state index contributed by atoms with van der Waals surface area (Å²) in [6.45, 7) is 1.39. The van der Waals surface area contributed by atoms with E-state index in [0.29, 0.717) is 12.6 Å². The van der Waals surface area contributed by atoms with E-state index in [2.05, 4.69) is 10.2 Å². The van der Waals surface area contributed by atoms with Crippen LogP contribution >= 0.6 is 0 Å². The molecule has 0 bridgehead atoms. The summed E-state index contributed by atoms with van der Waals surface area (Å²) in [4.78, 5) is 13.5. The second-order valence-corrected chi connectivity index (χ2v) is 5.01. The predicted octanol–water partition coefficient (Wildman–Crippen LogP) is 2.38. The minimum absolute atomic E-state index is 0.0277. The largest absolute Gasteiger partial charge is 0.378 e. The number of aromatic amines is 1. The number of aromatic nitrogens is 2. The third-order valence-electron chi connectivity index (χ3n) is 3.44. The second kappa shape index (κ2) is 6.78. The van der Waals surface area contributed by atoms with Gasteiger partial charge in [0.15, 0.2) is 5.69 Å². The van der Waals surface area contributed by atoms with Gasteiger partial charge in [0.25, 0.3) is 12.3 Å². The topological polar surface area (TPSA) is 58.2 Å². The molecule has 0 radical (unpaired) electrons. The highest BCUT2D eigenvalue weighted by Crippen LogP contribution is 2.18. The van der Waals surface area contributed by atoms with Gasteiger partial charge in [-0.05, 0) is 31.7 Å². The van der Waals surface area contributed by atoms with Crippen LogP contribution in [-0.4, -0.2) is 47.3 Å². The van der Waals surface area contributed by atoms with Crippen LogP contribution in [0.15, 0.2) is 6.07 Å². The van der Waals surface area contributed by atoms with Gasteiger partial charge >= 0.3 is 0 Å². The van der Waals surface area contributed by atoms with Crippen LogP contribution in [0.3, 0.4) is 0 Å². The van der Waals surface area contributed by atoms with Gasteiger partial charge in [-0.25, -0.2) is 8.78 Å². The first-order valence-electron chi connectivity index (χ1n) is 6.78. The fourth-order valence-electron chi connectivity index (χ4n) is 2.28. The van der Waals surface area contributed by atoms with Crippen LogP contribution in [0, 0.1) is 0 Å². The van der Waals surface area contributed by atoms with Crippen molar-refractivity contribution in [2.45, 2.75) is 38.2 Å². The van der Waals surface area contributed by atoms with Crippen molar-refractivity contribution in [1.29, 1.82) is 0 Å². The van der Waals surface area contributed by atoms with E-state index in [0.717, 1.165) is 38.4 Å². The molecule has 5 nitrogen and oxygen atoms in total. The van der Waals surface area contributed by atoms with Crippen molar-refractivity contribution >= 4 is 5.91 Å². The maximum Gasteiger partial charge on any atom is 0.279 e. The van der Waals surface area contributed by atoms with E-state index in [1.165, 1.54) is 4.90 Å². The van der Waals surface area contributed by atoms with Crippen LogP contribution in [0.1, 0.15) is 48.3 Å². The molecule has 1 aliphatic rings. The lowest BCUT2D eigenvalue weighted by Gasteiger charge is -2.17. The number of nitrogens with zero attached hydrogens (tertiary/aromatic N) is 2. The molecule has 1 fully saturated rings. The van der Waals surface area contributed by atoms with Gasteiger partial charge in [-0.15, -0.1) is 0 Å². The Morgan fingerprint density at radius 1 is 1.65 bits per heavy atom. The number of alkyl halides is 2. The minimum Gasteiger partial charge on any atom is -0.378 e. The summed E-state index contributed by atoms with van der Waals surface area (Å²) in [6.07, 6.45) is 1.58. The molecule has 1 atom stereocenters. The van der Waals surface area contributed by atoms with Gasteiger partial charge in [0.2, 0.25) is 0 Å². The Morgan fingerprint density at radius 3 is 3.05 bits per heavy atom. The molecule has 1 N–H and O–H groups in total. The molecule has 2 heterocycles. The fraction of sp³-hybridized carbons (Fsp3) is 0.692. The van der Waals surface area contributed by atoms with Crippen molar-refractivity contribution < 1.29 is 18.3 Å². The van der Waals surface area contributed by atoms with Crippen molar-refractivity contribution in [2.24, 2.45) is 0 Å². The van der Waals surface area contributed by atoms with Crippen molar-refractivity contribution in [2.75, 3.05) is 20.2 Å². The van der Waals surface area contributed by atoms with Gasteiger partial charge in [0.1, 0.15) is 5.69 Å². The van der Waals surface area contributed by atoms with E-state index in [1.54, 1.807) is 7.05 Å². The molecule has 1 amide bonds. The highest BCUT2D eigenvalue weighted by Gasteiger charge is 2.19. The van der Waals surface area contributed by atoms with Gasteiger partial charge in [0.05, 0.1) is 6.10 Å². The molecule has 1 aromatic rings. The Hall–Kier alpha value is -1.50. The summed E-state index contributed by atoms with van der Waals surface area (Å²) in [5.41, 5.74) is -0.305. The zero-order chi connectivity index (χ0) is 14.5. The zero-order valence-corrected chi connectivity index (χ0v) is 11.4. The number of amides is 1. The van der Waals surface area contributed by atoms with E-state index in [4.69, 9.17) is 4.74 Å². The van der Waals surface area contributed by atoms with Crippen LogP contribution in [0.5, 0.6) is 0 Å². The number of halogens is 2. The summed E-state index contributed by atoms with van der Waals surface area (Å²) in [6, 6.07) is 1.10. The van der Waals surface area contributed by atoms with Crippen LogP contribution in [0.2, 0.25) is 0 Å². The normalized spacial score (nSPS) is 18.7. The smallest absolute Gasteiger partial charge is 0.279 e. The first-order valence-corrected chi connectivity index (χ1v) is 6.78. The second-order valence-electron chi connectivity index (χ2n) is 5.01.